The van der Waals surface area contributed by atoms with Gasteiger partial charge in [-0.15, -0.1) is 0 Å². The lowest BCUT2D eigenvalue weighted by Gasteiger charge is -2.21. The summed E-state index contributed by atoms with van der Waals surface area (Å²) in [4.78, 5) is 19.7. The van der Waals surface area contributed by atoms with Crippen LogP contribution in [-0.4, -0.2) is 21.0 Å². The standard InChI is InChI=1S/C10H24N2O2P/c1-7(2)5-9(11)15(13,14)10(12)6-8(3)4/h7-9,12-14H,5-6,11H2,1-4H3/q+1. The Morgan fingerprint density at radius 1 is 1.20 bits per heavy atom. The van der Waals surface area contributed by atoms with Gasteiger partial charge in [0.25, 0.3) is 0 Å². The molecule has 0 rings (SSSR count). The molecule has 5 N–H and O–H groups in total. The molecule has 0 aromatic heterocycles. The van der Waals surface area contributed by atoms with E-state index in [-0.39, 0.29) is 11.4 Å². The van der Waals surface area contributed by atoms with Crippen molar-refractivity contribution < 1.29 is 9.79 Å². The van der Waals surface area contributed by atoms with Crippen LogP contribution in [0.15, 0.2) is 0 Å². The third-order valence-corrected chi connectivity index (χ3v) is 4.29. The molecule has 0 aliphatic carbocycles. The van der Waals surface area contributed by atoms with E-state index in [0.717, 1.165) is 0 Å². The van der Waals surface area contributed by atoms with Crippen LogP contribution in [0.4, 0.5) is 0 Å². The second-order valence-electron chi connectivity index (χ2n) is 4.89. The highest BCUT2D eigenvalue weighted by Gasteiger charge is 2.47. The van der Waals surface area contributed by atoms with E-state index in [1.54, 1.807) is 0 Å². The first kappa shape index (κ1) is 15.0. The van der Waals surface area contributed by atoms with Gasteiger partial charge in [-0.05, 0) is 11.8 Å². The maximum Gasteiger partial charge on any atom is 0.331 e. The maximum atomic E-state index is 9.87. The molecule has 0 aromatic rings. The molecule has 1 unspecified atom stereocenters. The van der Waals surface area contributed by atoms with Crippen molar-refractivity contribution in [3.05, 3.63) is 0 Å². The van der Waals surface area contributed by atoms with Gasteiger partial charge in [0.1, 0.15) is 0 Å². The van der Waals surface area contributed by atoms with Gasteiger partial charge in [0.05, 0.1) is 0 Å². The topological polar surface area (TPSA) is 90.3 Å². The van der Waals surface area contributed by atoms with E-state index >= 15 is 0 Å². The largest absolute Gasteiger partial charge is 0.331 e. The molecule has 0 fully saturated rings. The molecule has 4 nitrogen and oxygen atoms in total. The highest BCUT2D eigenvalue weighted by molar-refractivity contribution is 7.82. The molecule has 0 spiro atoms. The number of hydrogen-bond acceptors (Lipinski definition) is 4. The van der Waals surface area contributed by atoms with Gasteiger partial charge in [0, 0.05) is 12.8 Å². The fraction of sp³-hybridized carbons (Fsp3) is 0.900. The summed E-state index contributed by atoms with van der Waals surface area (Å²) in [5.41, 5.74) is 5.76. The average molecular weight is 235 g/mol. The fourth-order valence-corrected chi connectivity index (χ4v) is 3.10. The monoisotopic (exact) mass is 235 g/mol. The zero-order chi connectivity index (χ0) is 12.2. The van der Waals surface area contributed by atoms with Gasteiger partial charge in [0.15, 0.2) is 5.78 Å². The molecular weight excluding hydrogens is 211 g/mol. The Morgan fingerprint density at radius 2 is 1.67 bits per heavy atom. The normalized spacial score (nSPS) is 14.7. The smallest absolute Gasteiger partial charge is 0.292 e. The van der Waals surface area contributed by atoms with Crippen LogP contribution in [0.2, 0.25) is 0 Å². The van der Waals surface area contributed by atoms with Gasteiger partial charge >= 0.3 is 7.72 Å². The zero-order valence-corrected chi connectivity index (χ0v) is 11.0. The van der Waals surface area contributed by atoms with E-state index in [9.17, 15) is 9.79 Å². The number of nitrogens with one attached hydrogen (secondary N) is 1. The van der Waals surface area contributed by atoms with Crippen LogP contribution in [0.1, 0.15) is 40.5 Å². The van der Waals surface area contributed by atoms with E-state index in [4.69, 9.17) is 11.1 Å². The van der Waals surface area contributed by atoms with Crippen LogP contribution in [0.5, 0.6) is 0 Å². The average Bonchev–Trinajstić information content (AvgIpc) is 2.01. The Hall–Kier alpha value is -0.0200. The van der Waals surface area contributed by atoms with Crippen LogP contribution >= 0.6 is 7.72 Å². The highest BCUT2D eigenvalue weighted by atomic mass is 31.2. The summed E-state index contributed by atoms with van der Waals surface area (Å²) in [7, 11) is -3.37. The number of hydrogen-bond donors (Lipinski definition) is 4. The van der Waals surface area contributed by atoms with Crippen LogP contribution in [-0.2, 0) is 0 Å². The van der Waals surface area contributed by atoms with Crippen molar-refractivity contribution in [2.24, 2.45) is 17.6 Å². The van der Waals surface area contributed by atoms with E-state index in [2.05, 4.69) is 0 Å². The Balaban J connectivity index is 4.44. The molecule has 0 aromatic carbocycles. The lowest BCUT2D eigenvalue weighted by Crippen LogP contribution is -2.29. The van der Waals surface area contributed by atoms with Crippen molar-refractivity contribution in [3.63, 3.8) is 0 Å². The molecule has 0 bridgehead atoms. The van der Waals surface area contributed by atoms with Gasteiger partial charge in [-0.3, -0.25) is 11.1 Å². The van der Waals surface area contributed by atoms with Crippen LogP contribution in [0.25, 0.3) is 0 Å². The zero-order valence-electron chi connectivity index (χ0n) is 10.1. The van der Waals surface area contributed by atoms with Gasteiger partial charge in [0.2, 0.25) is 5.45 Å². The third kappa shape index (κ3) is 5.03. The van der Waals surface area contributed by atoms with Crippen molar-refractivity contribution in [3.8, 4) is 0 Å². The molecule has 0 amide bonds. The van der Waals surface area contributed by atoms with Gasteiger partial charge < -0.3 is 0 Å². The van der Waals surface area contributed by atoms with Crippen molar-refractivity contribution in [2.75, 3.05) is 0 Å². The summed E-state index contributed by atoms with van der Waals surface area (Å²) in [6, 6.07) is 0. The molecule has 15 heavy (non-hydrogen) atoms. The lowest BCUT2D eigenvalue weighted by molar-refractivity contribution is 0.427. The molecule has 0 radical (unpaired) electrons. The summed E-state index contributed by atoms with van der Waals surface area (Å²) >= 11 is 0. The predicted octanol–water partition coefficient (Wildman–Crippen LogP) is 2.17. The van der Waals surface area contributed by atoms with Crippen molar-refractivity contribution in [1.29, 1.82) is 5.41 Å². The van der Waals surface area contributed by atoms with Gasteiger partial charge in [-0.25, -0.2) is 9.79 Å². The minimum Gasteiger partial charge on any atom is -0.292 e. The Kier molecular flexibility index (Phi) is 5.89. The Bertz CT molecular complexity index is 217. The van der Waals surface area contributed by atoms with E-state index in [1.807, 2.05) is 27.7 Å². The second kappa shape index (κ2) is 5.90. The summed E-state index contributed by atoms with van der Waals surface area (Å²) < 4.78 is 0. The molecule has 5 heteroatoms. The van der Waals surface area contributed by atoms with Crippen LogP contribution in [0, 0.1) is 17.2 Å². The number of rotatable bonds is 6. The first-order chi connectivity index (χ1) is 6.67. The molecule has 0 aliphatic heterocycles. The van der Waals surface area contributed by atoms with Crippen LogP contribution < -0.4 is 5.73 Å². The summed E-state index contributed by atoms with van der Waals surface area (Å²) in [5, 5.41) is 7.67. The maximum absolute atomic E-state index is 9.87. The minimum atomic E-state index is -3.37. The van der Waals surface area contributed by atoms with E-state index < -0.39 is 13.5 Å². The molecule has 1 atom stereocenters. The van der Waals surface area contributed by atoms with E-state index in [0.29, 0.717) is 18.8 Å². The molecule has 0 saturated heterocycles. The van der Waals surface area contributed by atoms with Crippen molar-refractivity contribution in [1.82, 2.24) is 0 Å². The minimum absolute atomic E-state index is 0.0191. The molecule has 0 aliphatic rings. The second-order valence-corrected chi connectivity index (χ2v) is 7.39. The number of nitrogens with two attached hydrogens (primary N) is 1. The summed E-state index contributed by atoms with van der Waals surface area (Å²) in [6.45, 7) is 7.85. The fourth-order valence-electron chi connectivity index (χ4n) is 1.35. The van der Waals surface area contributed by atoms with Gasteiger partial charge in [-0.2, -0.15) is 0 Å². The Labute approximate surface area is 92.9 Å². The molecule has 90 valence electrons. The quantitative estimate of drug-likeness (QED) is 0.420. The van der Waals surface area contributed by atoms with Crippen LogP contribution in [0.3, 0.4) is 0 Å². The first-order valence-electron chi connectivity index (χ1n) is 5.35. The lowest BCUT2D eigenvalue weighted by atomic mass is 10.1. The molecular formula is C10H24N2O2P+. The van der Waals surface area contributed by atoms with Crippen molar-refractivity contribution >= 4 is 13.2 Å². The highest BCUT2D eigenvalue weighted by Crippen LogP contribution is 2.56. The third-order valence-electron chi connectivity index (χ3n) is 2.17. The van der Waals surface area contributed by atoms with E-state index in [1.165, 1.54) is 0 Å². The summed E-state index contributed by atoms with van der Waals surface area (Å²) in [5.74, 6) is -0.114. The SMILES string of the molecule is CC(C)CC(=N)[P+](O)(O)C(N)CC(C)C. The van der Waals surface area contributed by atoms with Gasteiger partial charge in [-0.1, -0.05) is 27.7 Å². The molecule has 0 heterocycles. The molecule has 0 saturated carbocycles. The summed E-state index contributed by atoms with van der Waals surface area (Å²) in [6.07, 6.45) is 0.952. The first-order valence-corrected chi connectivity index (χ1v) is 7.12. The predicted molar refractivity (Wildman–Crippen MR) is 66.0 cm³/mol. The van der Waals surface area contributed by atoms with Crippen molar-refractivity contribution in [2.45, 2.75) is 46.3 Å². The Morgan fingerprint density at radius 3 is 2.00 bits per heavy atom.